The topological polar surface area (TPSA) is 58.5 Å². The highest BCUT2D eigenvalue weighted by molar-refractivity contribution is 5.99. The highest BCUT2D eigenvalue weighted by atomic mass is 19.1. The maximum atomic E-state index is 15.4. The molecule has 2 aromatic carbocycles. The van der Waals surface area contributed by atoms with Crippen molar-refractivity contribution < 1.29 is 8.78 Å². The van der Waals surface area contributed by atoms with Gasteiger partial charge < -0.3 is 10.3 Å². The lowest BCUT2D eigenvalue weighted by Gasteiger charge is -2.34. The number of hydrogen-bond acceptors (Lipinski definition) is 3. The van der Waals surface area contributed by atoms with E-state index in [0.717, 1.165) is 11.5 Å². The molecule has 1 aliphatic rings. The summed E-state index contributed by atoms with van der Waals surface area (Å²) in [6.07, 6.45) is 3.34. The fourth-order valence-corrected chi connectivity index (χ4v) is 4.35. The summed E-state index contributed by atoms with van der Waals surface area (Å²) >= 11 is 0. The van der Waals surface area contributed by atoms with Crippen molar-refractivity contribution in [2.24, 2.45) is 0 Å². The van der Waals surface area contributed by atoms with Crippen LogP contribution in [0.2, 0.25) is 0 Å². The van der Waals surface area contributed by atoms with Crippen LogP contribution in [0.25, 0.3) is 27.7 Å². The Morgan fingerprint density at radius 1 is 1.17 bits per heavy atom. The third-order valence-corrected chi connectivity index (χ3v) is 5.57. The van der Waals surface area contributed by atoms with Gasteiger partial charge in [-0.25, -0.2) is 8.78 Å². The quantitative estimate of drug-likeness (QED) is 0.438. The number of aromatic nitrogens is 4. The van der Waals surface area contributed by atoms with Crippen molar-refractivity contribution in [2.75, 3.05) is 5.32 Å². The van der Waals surface area contributed by atoms with Crippen LogP contribution in [0.1, 0.15) is 37.7 Å². The van der Waals surface area contributed by atoms with Crippen molar-refractivity contribution in [1.29, 1.82) is 0 Å². The molecule has 0 atom stereocenters. The van der Waals surface area contributed by atoms with Gasteiger partial charge in [0, 0.05) is 28.3 Å². The summed E-state index contributed by atoms with van der Waals surface area (Å²) in [4.78, 5) is 3.15. The van der Waals surface area contributed by atoms with Crippen LogP contribution in [0.3, 0.4) is 0 Å². The van der Waals surface area contributed by atoms with Crippen LogP contribution >= 0.6 is 0 Å². The third kappa shape index (κ3) is 2.47. The van der Waals surface area contributed by atoms with Crippen molar-refractivity contribution in [3.8, 4) is 28.7 Å². The number of aromatic amines is 1. The van der Waals surface area contributed by atoms with Crippen molar-refractivity contribution in [1.82, 2.24) is 19.7 Å². The zero-order chi connectivity index (χ0) is 21.2. The van der Waals surface area contributed by atoms with E-state index in [2.05, 4.69) is 32.3 Å². The van der Waals surface area contributed by atoms with Crippen LogP contribution in [0, 0.1) is 30.4 Å². The molecule has 0 radical (unpaired) electrons. The third-order valence-electron chi connectivity index (χ3n) is 5.57. The molecular formula is C23H19F2N5. The number of nitrogens with one attached hydrogen (secondary N) is 2. The number of H-pyrrole nitrogens is 1. The number of nitrogens with zero attached hydrogens (tertiary/aromatic N) is 3. The molecule has 1 aliphatic heterocycles. The molecule has 2 aromatic heterocycles. The number of halogens is 2. The zero-order valence-electron chi connectivity index (χ0n) is 17.0. The number of hydrogen-bond donors (Lipinski definition) is 2. The first kappa shape index (κ1) is 18.4. The van der Waals surface area contributed by atoms with E-state index in [1.54, 1.807) is 19.4 Å². The van der Waals surface area contributed by atoms with Crippen LogP contribution in [0.15, 0.2) is 30.7 Å². The molecule has 150 valence electrons. The minimum Gasteiger partial charge on any atom is -0.371 e. The average molecular weight is 403 g/mol. The lowest BCUT2D eigenvalue weighted by Crippen LogP contribution is -2.36. The Bertz CT molecular complexity index is 1400. The van der Waals surface area contributed by atoms with Crippen LogP contribution in [0.5, 0.6) is 0 Å². The predicted molar refractivity (Wildman–Crippen MR) is 113 cm³/mol. The van der Waals surface area contributed by atoms with Gasteiger partial charge in [0.25, 0.3) is 0 Å². The maximum absolute atomic E-state index is 15.4. The second-order valence-corrected chi connectivity index (χ2v) is 7.98. The molecule has 4 aromatic rings. The second kappa shape index (κ2) is 6.17. The van der Waals surface area contributed by atoms with E-state index in [-0.39, 0.29) is 0 Å². The molecule has 2 N–H and O–H groups in total. The Morgan fingerprint density at radius 3 is 2.73 bits per heavy atom. The Morgan fingerprint density at radius 2 is 1.97 bits per heavy atom. The first-order chi connectivity index (χ1) is 14.3. The van der Waals surface area contributed by atoms with Gasteiger partial charge in [0.1, 0.15) is 18.0 Å². The number of rotatable bonds is 1. The van der Waals surface area contributed by atoms with Crippen molar-refractivity contribution >= 4 is 16.6 Å². The van der Waals surface area contributed by atoms with Crippen LogP contribution in [-0.4, -0.2) is 19.7 Å². The van der Waals surface area contributed by atoms with E-state index in [4.69, 9.17) is 0 Å². The van der Waals surface area contributed by atoms with Crippen LogP contribution in [0.4, 0.5) is 14.5 Å². The van der Waals surface area contributed by atoms with E-state index in [1.807, 2.05) is 25.3 Å². The molecule has 5 rings (SSSR count). The average Bonchev–Trinajstić information content (AvgIpc) is 3.30. The predicted octanol–water partition coefficient (Wildman–Crippen LogP) is 5.03. The molecule has 0 amide bonds. The molecule has 0 saturated heterocycles. The minimum absolute atomic E-state index is 0.331. The van der Waals surface area contributed by atoms with E-state index >= 15 is 4.39 Å². The van der Waals surface area contributed by atoms with Gasteiger partial charge in [-0.05, 0) is 51.5 Å². The number of fused-ring (bicyclic) bond motifs is 4. The molecule has 0 saturated carbocycles. The Labute approximate surface area is 172 Å². The molecule has 5 nitrogen and oxygen atoms in total. The van der Waals surface area contributed by atoms with Crippen molar-refractivity contribution in [2.45, 2.75) is 33.2 Å². The van der Waals surface area contributed by atoms with Gasteiger partial charge >= 0.3 is 0 Å². The lowest BCUT2D eigenvalue weighted by molar-refractivity contribution is 0.534. The largest absolute Gasteiger partial charge is 0.371 e. The Balaban J connectivity index is 1.84. The molecule has 0 unspecified atom stereocenters. The fraction of sp³-hybridized carbons (Fsp3) is 0.217. The summed E-state index contributed by atoms with van der Waals surface area (Å²) in [5.41, 5.74) is 3.65. The molecule has 0 spiro atoms. The van der Waals surface area contributed by atoms with Gasteiger partial charge in [-0.3, -0.25) is 4.57 Å². The molecule has 0 fully saturated rings. The van der Waals surface area contributed by atoms with Crippen LogP contribution in [-0.2, 0) is 5.54 Å². The second-order valence-electron chi connectivity index (χ2n) is 7.98. The fourth-order valence-electron chi connectivity index (χ4n) is 4.35. The summed E-state index contributed by atoms with van der Waals surface area (Å²) in [5.74, 6) is 5.63. The molecule has 7 heteroatoms. The molecule has 3 heterocycles. The normalized spacial score (nSPS) is 13.9. The summed E-state index contributed by atoms with van der Waals surface area (Å²) in [5, 5.41) is 12.3. The summed E-state index contributed by atoms with van der Waals surface area (Å²) in [6.45, 7) is 7.47. The highest BCUT2D eigenvalue weighted by Gasteiger charge is 2.35. The first-order valence-electron chi connectivity index (χ1n) is 9.57. The molecular weight excluding hydrogens is 384 g/mol. The lowest BCUT2D eigenvalue weighted by atomic mass is 9.92. The monoisotopic (exact) mass is 403 g/mol. The van der Waals surface area contributed by atoms with E-state index in [0.29, 0.717) is 38.8 Å². The number of benzene rings is 2. The molecule has 0 bridgehead atoms. The van der Waals surface area contributed by atoms with Crippen molar-refractivity contribution in [3.05, 3.63) is 59.3 Å². The van der Waals surface area contributed by atoms with Gasteiger partial charge in [-0.15, -0.1) is 16.1 Å². The summed E-state index contributed by atoms with van der Waals surface area (Å²) < 4.78 is 31.9. The minimum atomic E-state index is -0.511. The van der Waals surface area contributed by atoms with Gasteiger partial charge in [-0.2, -0.15) is 0 Å². The SMILES string of the molecule is CC#Cc1c[nH]c2c(-c3c(F)cc4c(c3C)-n3cnnc3C(C)(C)N4)cc(F)cc12. The van der Waals surface area contributed by atoms with Gasteiger partial charge in [0.2, 0.25) is 0 Å². The van der Waals surface area contributed by atoms with Gasteiger partial charge in [0.05, 0.1) is 22.4 Å². The standard InChI is InChI=1S/C23H19F2N5/c1-5-6-13-10-26-20-15(13)7-14(24)8-16(20)19-12(2)21-18(9-17(19)25)28-23(3,4)22-29-27-11-30(21)22/h7-11,26,28H,1-4H3. The van der Waals surface area contributed by atoms with Crippen molar-refractivity contribution in [3.63, 3.8) is 0 Å². The molecule has 0 aliphatic carbocycles. The number of anilines is 1. The van der Waals surface area contributed by atoms with Crippen LogP contribution < -0.4 is 5.32 Å². The zero-order valence-corrected chi connectivity index (χ0v) is 17.0. The Hall–Kier alpha value is -3.66. The van der Waals surface area contributed by atoms with Gasteiger partial charge in [-0.1, -0.05) is 5.92 Å². The van der Waals surface area contributed by atoms with E-state index in [9.17, 15) is 4.39 Å². The van der Waals surface area contributed by atoms with Gasteiger partial charge in [0.15, 0.2) is 5.82 Å². The summed E-state index contributed by atoms with van der Waals surface area (Å²) in [6, 6.07) is 4.23. The maximum Gasteiger partial charge on any atom is 0.162 e. The summed E-state index contributed by atoms with van der Waals surface area (Å²) in [7, 11) is 0. The van der Waals surface area contributed by atoms with E-state index < -0.39 is 17.2 Å². The first-order valence-corrected chi connectivity index (χ1v) is 9.57. The highest BCUT2D eigenvalue weighted by Crippen LogP contribution is 2.43. The smallest absolute Gasteiger partial charge is 0.162 e. The molecule has 30 heavy (non-hydrogen) atoms. The Kier molecular flexibility index (Phi) is 3.78. The van der Waals surface area contributed by atoms with E-state index in [1.165, 1.54) is 18.2 Å².